The van der Waals surface area contributed by atoms with Gasteiger partial charge < -0.3 is 9.84 Å². The molecule has 0 heterocycles. The molecule has 1 N–H and O–H groups in total. The van der Waals surface area contributed by atoms with E-state index in [1.807, 2.05) is 32.0 Å². The number of aliphatic hydroxyl groups is 1. The fraction of sp³-hybridized carbons (Fsp3) is 0.250. The summed E-state index contributed by atoms with van der Waals surface area (Å²) >= 11 is 0. The number of hydrogen-bond acceptors (Lipinski definition) is 2. The quantitative estimate of drug-likeness (QED) is 0.916. The van der Waals surface area contributed by atoms with Gasteiger partial charge in [-0.15, -0.1) is 13.2 Å². The van der Waals surface area contributed by atoms with Crippen LogP contribution in [0.5, 0.6) is 5.75 Å². The van der Waals surface area contributed by atoms with E-state index in [0.717, 1.165) is 11.1 Å². The van der Waals surface area contributed by atoms with Crippen LogP contribution in [0.25, 0.3) is 0 Å². The number of alkyl halides is 3. The van der Waals surface area contributed by atoms with Gasteiger partial charge in [-0.25, -0.2) is 0 Å². The van der Waals surface area contributed by atoms with Gasteiger partial charge in [-0.2, -0.15) is 0 Å². The molecule has 0 saturated carbocycles. The van der Waals surface area contributed by atoms with Gasteiger partial charge in [0.05, 0.1) is 0 Å². The Bertz CT molecular complexity index is 598. The summed E-state index contributed by atoms with van der Waals surface area (Å²) in [7, 11) is 0. The molecule has 0 spiro atoms. The van der Waals surface area contributed by atoms with Gasteiger partial charge in [-0.3, -0.25) is 0 Å². The molecule has 1 unspecified atom stereocenters. The Morgan fingerprint density at radius 1 is 0.905 bits per heavy atom. The third-order valence-corrected chi connectivity index (χ3v) is 2.99. The maximum absolute atomic E-state index is 12.1. The summed E-state index contributed by atoms with van der Waals surface area (Å²) in [4.78, 5) is 0. The van der Waals surface area contributed by atoms with Crippen molar-refractivity contribution in [2.24, 2.45) is 0 Å². The van der Waals surface area contributed by atoms with Gasteiger partial charge in [-0.05, 0) is 37.1 Å². The largest absolute Gasteiger partial charge is 0.573 e. The van der Waals surface area contributed by atoms with Gasteiger partial charge in [0.1, 0.15) is 11.9 Å². The van der Waals surface area contributed by atoms with Gasteiger partial charge >= 0.3 is 6.36 Å². The lowest BCUT2D eigenvalue weighted by Crippen LogP contribution is -2.17. The molecule has 2 aromatic carbocycles. The SMILES string of the molecule is Cc1cc(C)cc(C(O)c2ccc(OC(F)(F)F)cc2)c1. The van der Waals surface area contributed by atoms with E-state index in [2.05, 4.69) is 4.74 Å². The molecule has 5 heteroatoms. The van der Waals surface area contributed by atoms with Crippen LogP contribution in [-0.2, 0) is 0 Å². The number of rotatable bonds is 3. The van der Waals surface area contributed by atoms with E-state index in [1.165, 1.54) is 24.3 Å². The van der Waals surface area contributed by atoms with Crippen molar-refractivity contribution in [3.8, 4) is 5.75 Å². The zero-order chi connectivity index (χ0) is 15.6. The summed E-state index contributed by atoms with van der Waals surface area (Å²) in [6.45, 7) is 3.84. The van der Waals surface area contributed by atoms with Crippen molar-refractivity contribution in [2.75, 3.05) is 0 Å². The zero-order valence-corrected chi connectivity index (χ0v) is 11.6. The molecule has 0 aliphatic carbocycles. The molecule has 1 atom stereocenters. The maximum Gasteiger partial charge on any atom is 0.573 e. The predicted molar refractivity (Wildman–Crippen MR) is 73.1 cm³/mol. The lowest BCUT2D eigenvalue weighted by molar-refractivity contribution is -0.274. The summed E-state index contributed by atoms with van der Waals surface area (Å²) in [5.74, 6) is -0.307. The lowest BCUT2D eigenvalue weighted by Gasteiger charge is -2.14. The van der Waals surface area contributed by atoms with Crippen molar-refractivity contribution < 1.29 is 23.0 Å². The summed E-state index contributed by atoms with van der Waals surface area (Å²) in [6.07, 6.45) is -5.60. The Labute approximate surface area is 120 Å². The first-order valence-electron chi connectivity index (χ1n) is 6.36. The van der Waals surface area contributed by atoms with Gasteiger partial charge in [0.25, 0.3) is 0 Å². The number of ether oxygens (including phenoxy) is 1. The average molecular weight is 296 g/mol. The van der Waals surface area contributed by atoms with Crippen molar-refractivity contribution in [3.63, 3.8) is 0 Å². The van der Waals surface area contributed by atoms with Crippen LogP contribution in [0.2, 0.25) is 0 Å². The fourth-order valence-electron chi connectivity index (χ4n) is 2.21. The molecule has 0 bridgehead atoms. The van der Waals surface area contributed by atoms with E-state index in [-0.39, 0.29) is 5.75 Å². The topological polar surface area (TPSA) is 29.5 Å². The Hall–Kier alpha value is -2.01. The van der Waals surface area contributed by atoms with Crippen LogP contribution in [0.15, 0.2) is 42.5 Å². The smallest absolute Gasteiger partial charge is 0.406 e. The van der Waals surface area contributed by atoms with Crippen molar-refractivity contribution >= 4 is 0 Å². The molecule has 0 aromatic heterocycles. The molecule has 0 saturated heterocycles. The molecule has 2 aromatic rings. The van der Waals surface area contributed by atoms with Crippen molar-refractivity contribution in [2.45, 2.75) is 26.3 Å². The van der Waals surface area contributed by atoms with Crippen LogP contribution in [-0.4, -0.2) is 11.5 Å². The van der Waals surface area contributed by atoms with Crippen LogP contribution >= 0.6 is 0 Å². The number of hydrogen-bond donors (Lipinski definition) is 1. The molecule has 2 rings (SSSR count). The van der Waals surface area contributed by atoms with E-state index < -0.39 is 12.5 Å². The first-order chi connectivity index (χ1) is 9.74. The Morgan fingerprint density at radius 2 is 1.43 bits per heavy atom. The van der Waals surface area contributed by atoms with Crippen LogP contribution in [0.1, 0.15) is 28.4 Å². The van der Waals surface area contributed by atoms with E-state index in [4.69, 9.17) is 0 Å². The lowest BCUT2D eigenvalue weighted by atomic mass is 9.98. The van der Waals surface area contributed by atoms with E-state index in [0.29, 0.717) is 11.1 Å². The summed E-state index contributed by atoms with van der Waals surface area (Å²) in [5.41, 5.74) is 3.24. The van der Waals surface area contributed by atoms with Gasteiger partial charge in [0.15, 0.2) is 0 Å². The van der Waals surface area contributed by atoms with E-state index >= 15 is 0 Å². The Morgan fingerprint density at radius 3 is 1.90 bits per heavy atom. The van der Waals surface area contributed by atoms with Crippen LogP contribution in [0, 0.1) is 13.8 Å². The van der Waals surface area contributed by atoms with Crippen LogP contribution < -0.4 is 4.74 Å². The highest BCUT2D eigenvalue weighted by Crippen LogP contribution is 2.27. The minimum absolute atomic E-state index is 0.307. The second kappa shape index (κ2) is 5.77. The van der Waals surface area contributed by atoms with Gasteiger partial charge in [0.2, 0.25) is 0 Å². The molecular weight excluding hydrogens is 281 g/mol. The summed E-state index contributed by atoms with van der Waals surface area (Å²) < 4.78 is 40.0. The van der Waals surface area contributed by atoms with Gasteiger partial charge in [-0.1, -0.05) is 41.5 Å². The summed E-state index contributed by atoms with van der Waals surface area (Å²) in [6, 6.07) is 10.9. The molecule has 0 amide bonds. The second-order valence-corrected chi connectivity index (χ2v) is 4.94. The molecule has 0 fully saturated rings. The number of halogens is 3. The highest BCUT2D eigenvalue weighted by Gasteiger charge is 2.31. The van der Waals surface area contributed by atoms with Crippen molar-refractivity contribution in [1.82, 2.24) is 0 Å². The molecule has 2 nitrogen and oxygen atoms in total. The molecule has 0 radical (unpaired) electrons. The Balaban J connectivity index is 2.21. The first-order valence-corrected chi connectivity index (χ1v) is 6.36. The normalized spacial score (nSPS) is 13.0. The minimum Gasteiger partial charge on any atom is -0.406 e. The maximum atomic E-state index is 12.1. The minimum atomic E-state index is -4.71. The monoisotopic (exact) mass is 296 g/mol. The predicted octanol–water partition coefficient (Wildman–Crippen LogP) is 4.28. The molecule has 0 aliphatic heterocycles. The number of benzene rings is 2. The third kappa shape index (κ3) is 4.23. The van der Waals surface area contributed by atoms with Crippen LogP contribution in [0.4, 0.5) is 13.2 Å². The number of aliphatic hydroxyl groups excluding tert-OH is 1. The third-order valence-electron chi connectivity index (χ3n) is 2.99. The standard InChI is InChI=1S/C16H15F3O2/c1-10-7-11(2)9-13(8-10)15(20)12-3-5-14(6-4-12)21-16(17,18)19/h3-9,15,20H,1-2H3. The van der Waals surface area contributed by atoms with Gasteiger partial charge in [0, 0.05) is 0 Å². The summed E-state index contributed by atoms with van der Waals surface area (Å²) in [5, 5.41) is 10.3. The average Bonchev–Trinajstić information content (AvgIpc) is 2.35. The highest BCUT2D eigenvalue weighted by molar-refractivity contribution is 5.37. The molecule has 0 aliphatic rings. The van der Waals surface area contributed by atoms with Crippen LogP contribution in [0.3, 0.4) is 0 Å². The Kier molecular flexibility index (Phi) is 4.23. The number of aryl methyl sites for hydroxylation is 2. The van der Waals surface area contributed by atoms with Crippen molar-refractivity contribution in [1.29, 1.82) is 0 Å². The zero-order valence-electron chi connectivity index (χ0n) is 11.6. The fourth-order valence-corrected chi connectivity index (χ4v) is 2.21. The molecule has 112 valence electrons. The molecular formula is C16H15F3O2. The van der Waals surface area contributed by atoms with Crippen molar-refractivity contribution in [3.05, 3.63) is 64.7 Å². The first kappa shape index (κ1) is 15.4. The highest BCUT2D eigenvalue weighted by atomic mass is 19.4. The van der Waals surface area contributed by atoms with E-state index in [9.17, 15) is 18.3 Å². The molecule has 21 heavy (non-hydrogen) atoms. The second-order valence-electron chi connectivity index (χ2n) is 4.94. The van der Waals surface area contributed by atoms with E-state index in [1.54, 1.807) is 0 Å².